The van der Waals surface area contributed by atoms with Crippen LogP contribution >= 0.6 is 0 Å². The van der Waals surface area contributed by atoms with Crippen LogP contribution in [0.4, 0.5) is 0 Å². The van der Waals surface area contributed by atoms with Gasteiger partial charge in [0.1, 0.15) is 11.2 Å². The summed E-state index contributed by atoms with van der Waals surface area (Å²) in [5.41, 5.74) is -4.37. The number of rotatable bonds is 0. The Labute approximate surface area is 131 Å². The van der Waals surface area contributed by atoms with Gasteiger partial charge in [-0.2, -0.15) is 0 Å². The van der Waals surface area contributed by atoms with E-state index in [1.807, 2.05) is 0 Å². The third-order valence-electron chi connectivity index (χ3n) is 4.90. The highest BCUT2D eigenvalue weighted by molar-refractivity contribution is 6.02. The summed E-state index contributed by atoms with van der Waals surface area (Å²) in [5, 5.41) is 27.2. The van der Waals surface area contributed by atoms with Gasteiger partial charge in [0, 0.05) is 18.0 Å². The van der Waals surface area contributed by atoms with E-state index in [0.717, 1.165) is 15.0 Å². The summed E-state index contributed by atoms with van der Waals surface area (Å²) in [6, 6.07) is 0. The summed E-state index contributed by atoms with van der Waals surface area (Å²) in [5.74, 6) is -0.942. The topological polar surface area (TPSA) is 83.7 Å². The van der Waals surface area contributed by atoms with E-state index in [2.05, 4.69) is 0 Å². The Morgan fingerprint density at radius 2 is 1.32 bits per heavy atom. The molecule has 2 aliphatic heterocycles. The first-order valence-electron chi connectivity index (χ1n) is 7.50. The summed E-state index contributed by atoms with van der Waals surface area (Å²) in [6.07, 6.45) is 0.199. The maximum atomic E-state index is 13.0. The molecule has 2 saturated heterocycles. The highest BCUT2D eigenvalue weighted by atomic mass is 16.5. The largest absolute Gasteiger partial charge is 0.275 e. The molecule has 2 fully saturated rings. The number of nitrogens with zero attached hydrogens (tertiary/aromatic N) is 3. The lowest BCUT2D eigenvalue weighted by Gasteiger charge is -2.54. The van der Waals surface area contributed by atoms with Gasteiger partial charge >= 0.3 is 0 Å². The van der Waals surface area contributed by atoms with Crippen LogP contribution in [-0.2, 0) is 20.0 Å². The Balaban J connectivity index is 2.59. The van der Waals surface area contributed by atoms with Crippen molar-refractivity contribution in [3.63, 3.8) is 0 Å². The summed E-state index contributed by atoms with van der Waals surface area (Å²) in [7, 11) is 0. The van der Waals surface area contributed by atoms with Crippen LogP contribution in [0.15, 0.2) is 0 Å². The number of hydrogen-bond donors (Lipinski definition) is 0. The molecule has 1 spiro atoms. The van der Waals surface area contributed by atoms with Crippen LogP contribution in [0.25, 0.3) is 0 Å². The van der Waals surface area contributed by atoms with Crippen molar-refractivity contribution in [1.29, 1.82) is 0 Å². The van der Waals surface area contributed by atoms with E-state index in [4.69, 9.17) is 0 Å². The molecular weight excluding hydrogens is 286 g/mol. The standard InChI is InChI=1S/C15H25N3O4/c1-10(19)16-11(20)15(18(22)14(16,6)7)8-12(2,3)17(21)13(4,5)9-15/h8-9H2,1-7H3. The first kappa shape index (κ1) is 17.3. The van der Waals surface area contributed by atoms with Gasteiger partial charge in [-0.15, -0.1) is 20.5 Å². The van der Waals surface area contributed by atoms with Crippen LogP contribution in [-0.4, -0.2) is 49.1 Å². The first-order chi connectivity index (χ1) is 9.70. The van der Waals surface area contributed by atoms with Crippen molar-refractivity contribution in [2.45, 2.75) is 83.6 Å². The van der Waals surface area contributed by atoms with Crippen LogP contribution in [0.5, 0.6) is 0 Å². The fourth-order valence-corrected chi connectivity index (χ4v) is 4.44. The zero-order valence-corrected chi connectivity index (χ0v) is 14.4. The molecule has 0 aromatic carbocycles. The number of hydroxylamine groups is 4. The highest BCUT2D eigenvalue weighted by Crippen LogP contribution is 2.51. The molecule has 22 heavy (non-hydrogen) atoms. The zero-order valence-electron chi connectivity index (χ0n) is 14.4. The number of carbonyl (C=O) groups is 2. The normalized spacial score (nSPS) is 30.0. The second-order valence-corrected chi connectivity index (χ2v) is 8.25. The maximum absolute atomic E-state index is 13.0. The van der Waals surface area contributed by atoms with Gasteiger partial charge in [-0.1, -0.05) is 0 Å². The van der Waals surface area contributed by atoms with Crippen molar-refractivity contribution >= 4 is 11.8 Å². The molecule has 0 unspecified atom stereocenters. The van der Waals surface area contributed by atoms with E-state index in [0.29, 0.717) is 0 Å². The van der Waals surface area contributed by atoms with Crippen molar-refractivity contribution < 1.29 is 20.0 Å². The molecule has 7 nitrogen and oxygen atoms in total. The first-order valence-corrected chi connectivity index (χ1v) is 7.50. The number of piperidine rings is 1. The molecule has 2 rings (SSSR count). The molecule has 0 aromatic rings. The van der Waals surface area contributed by atoms with Crippen molar-refractivity contribution in [3.8, 4) is 0 Å². The van der Waals surface area contributed by atoms with Crippen LogP contribution in [0.3, 0.4) is 0 Å². The van der Waals surface area contributed by atoms with Gasteiger partial charge in [-0.25, -0.2) is 0 Å². The fourth-order valence-electron chi connectivity index (χ4n) is 4.44. The van der Waals surface area contributed by atoms with Gasteiger partial charge in [-0.05, 0) is 54.4 Å². The number of hydrogen-bond acceptors (Lipinski definition) is 4. The zero-order chi connectivity index (χ0) is 17.3. The lowest BCUT2D eigenvalue weighted by molar-refractivity contribution is -0.335. The average molecular weight is 311 g/mol. The number of imide groups is 1. The summed E-state index contributed by atoms with van der Waals surface area (Å²) in [4.78, 5) is 25.9. The second-order valence-electron chi connectivity index (χ2n) is 8.25. The molecule has 2 radical (unpaired) electrons. The minimum absolute atomic E-state index is 0.0997. The Hall–Kier alpha value is -1.02. The molecule has 0 saturated carbocycles. The maximum Gasteiger partial charge on any atom is 0.254 e. The predicted octanol–water partition coefficient (Wildman–Crippen LogP) is 1.50. The third kappa shape index (κ3) is 2.03. The number of amides is 2. The van der Waals surface area contributed by atoms with E-state index in [1.165, 1.54) is 6.92 Å². The molecule has 0 bridgehead atoms. The average Bonchev–Trinajstić information content (AvgIpc) is 2.45. The van der Waals surface area contributed by atoms with E-state index >= 15 is 0 Å². The third-order valence-corrected chi connectivity index (χ3v) is 4.90. The predicted molar refractivity (Wildman–Crippen MR) is 76.8 cm³/mol. The summed E-state index contributed by atoms with van der Waals surface area (Å²) >= 11 is 0. The van der Waals surface area contributed by atoms with Crippen molar-refractivity contribution in [2.75, 3.05) is 0 Å². The minimum Gasteiger partial charge on any atom is -0.275 e. The molecule has 0 aromatic heterocycles. The van der Waals surface area contributed by atoms with Crippen LogP contribution in [0.1, 0.15) is 61.3 Å². The molecule has 2 amide bonds. The highest BCUT2D eigenvalue weighted by Gasteiger charge is 2.69. The fraction of sp³-hybridized carbons (Fsp3) is 0.867. The van der Waals surface area contributed by atoms with Gasteiger partial charge in [0.25, 0.3) is 5.91 Å². The molecule has 0 atom stereocenters. The Morgan fingerprint density at radius 3 is 1.64 bits per heavy atom. The SMILES string of the molecule is CC(=O)N1C(=O)C2(CC(C)(C)N([O])C(C)(C)C2)N([O])C1(C)C. The number of carbonyl (C=O) groups excluding carboxylic acids is 2. The Morgan fingerprint density at radius 1 is 0.909 bits per heavy atom. The van der Waals surface area contributed by atoms with Gasteiger partial charge < -0.3 is 0 Å². The smallest absolute Gasteiger partial charge is 0.254 e. The Bertz CT molecular complexity index is 509. The summed E-state index contributed by atoms with van der Waals surface area (Å²) in [6.45, 7) is 11.3. The Kier molecular flexibility index (Phi) is 3.55. The van der Waals surface area contributed by atoms with Crippen molar-refractivity contribution in [2.24, 2.45) is 0 Å². The summed E-state index contributed by atoms with van der Waals surface area (Å²) < 4.78 is 0. The quantitative estimate of drug-likeness (QED) is 0.678. The van der Waals surface area contributed by atoms with Gasteiger partial charge in [0.2, 0.25) is 5.91 Å². The van der Waals surface area contributed by atoms with E-state index < -0.39 is 34.1 Å². The molecule has 2 heterocycles. The van der Waals surface area contributed by atoms with Crippen LogP contribution in [0, 0.1) is 0 Å². The second kappa shape index (κ2) is 4.50. The molecule has 7 heteroatoms. The van der Waals surface area contributed by atoms with E-state index in [1.54, 1.807) is 41.5 Å². The van der Waals surface area contributed by atoms with Gasteiger partial charge in [-0.3, -0.25) is 14.5 Å². The lowest BCUT2D eigenvalue weighted by atomic mass is 9.70. The molecule has 0 aliphatic carbocycles. The van der Waals surface area contributed by atoms with E-state index in [9.17, 15) is 20.0 Å². The van der Waals surface area contributed by atoms with Crippen molar-refractivity contribution in [3.05, 3.63) is 0 Å². The lowest BCUT2D eigenvalue weighted by Crippen LogP contribution is -2.68. The van der Waals surface area contributed by atoms with Crippen LogP contribution < -0.4 is 0 Å². The van der Waals surface area contributed by atoms with Gasteiger partial charge in [0.05, 0.1) is 0 Å². The monoisotopic (exact) mass is 311 g/mol. The molecule has 2 aliphatic rings. The van der Waals surface area contributed by atoms with E-state index in [-0.39, 0.29) is 12.8 Å². The van der Waals surface area contributed by atoms with Gasteiger partial charge in [0.15, 0.2) is 0 Å². The minimum atomic E-state index is -1.37. The molecular formula is C15H25N3O4. The van der Waals surface area contributed by atoms with Crippen molar-refractivity contribution in [1.82, 2.24) is 15.0 Å². The molecule has 0 N–H and O–H groups in total. The molecule has 124 valence electrons. The van der Waals surface area contributed by atoms with Crippen LogP contribution in [0.2, 0.25) is 0 Å².